The predicted molar refractivity (Wildman–Crippen MR) is 163 cm³/mol. The van der Waals surface area contributed by atoms with Gasteiger partial charge in [0.15, 0.2) is 0 Å². The number of rotatable bonds is 10. The van der Waals surface area contributed by atoms with Gasteiger partial charge in [-0.05, 0) is 82.0 Å². The van der Waals surface area contributed by atoms with Crippen LogP contribution in [0.4, 0.5) is 5.69 Å². The van der Waals surface area contributed by atoms with E-state index in [1.54, 1.807) is 61.5 Å². The molecule has 0 bridgehead atoms. The van der Waals surface area contributed by atoms with E-state index in [2.05, 4.69) is 5.32 Å². The Morgan fingerprint density at radius 1 is 0.927 bits per heavy atom. The zero-order valence-electron chi connectivity index (χ0n) is 24.1. The Hall–Kier alpha value is -3.36. The molecule has 41 heavy (non-hydrogen) atoms. The second-order valence-corrected chi connectivity index (χ2v) is 13.2. The first kappa shape index (κ1) is 30.6. The molecule has 3 aromatic rings. The molecule has 1 atom stereocenters. The lowest BCUT2D eigenvalue weighted by atomic mass is 10.1. The summed E-state index contributed by atoms with van der Waals surface area (Å²) in [5.74, 6) is -0.733. The summed E-state index contributed by atoms with van der Waals surface area (Å²) in [6, 6.07) is 18.3. The number of sulfonamides is 1. The summed E-state index contributed by atoms with van der Waals surface area (Å²) in [6.07, 6.45) is 3.96. The van der Waals surface area contributed by atoms with Gasteiger partial charge < -0.3 is 10.2 Å². The molecule has 0 spiro atoms. The van der Waals surface area contributed by atoms with Crippen molar-refractivity contribution in [2.24, 2.45) is 0 Å². The second kappa shape index (κ2) is 13.1. The Bertz CT molecular complexity index is 1480. The minimum absolute atomic E-state index is 0.0889. The van der Waals surface area contributed by atoms with E-state index in [4.69, 9.17) is 11.6 Å². The first-order chi connectivity index (χ1) is 19.5. The van der Waals surface area contributed by atoms with Crippen molar-refractivity contribution >= 4 is 39.1 Å². The Labute approximate surface area is 248 Å². The van der Waals surface area contributed by atoms with Crippen LogP contribution in [-0.2, 0) is 26.2 Å². The zero-order chi connectivity index (χ0) is 29.7. The maximum Gasteiger partial charge on any atom is 0.264 e. The van der Waals surface area contributed by atoms with Crippen LogP contribution in [0.3, 0.4) is 0 Å². The smallest absolute Gasteiger partial charge is 0.264 e. The average Bonchev–Trinajstić information content (AvgIpc) is 3.44. The third-order valence-electron chi connectivity index (χ3n) is 7.64. The van der Waals surface area contributed by atoms with E-state index in [1.807, 2.05) is 32.9 Å². The number of amides is 2. The highest BCUT2D eigenvalue weighted by molar-refractivity contribution is 7.92. The third-order valence-corrected chi connectivity index (χ3v) is 9.67. The van der Waals surface area contributed by atoms with Crippen molar-refractivity contribution in [2.45, 2.75) is 76.9 Å². The lowest BCUT2D eigenvalue weighted by Gasteiger charge is -2.33. The van der Waals surface area contributed by atoms with Crippen LogP contribution in [0.1, 0.15) is 54.9 Å². The molecule has 218 valence electrons. The van der Waals surface area contributed by atoms with Crippen LogP contribution in [-0.4, -0.2) is 43.8 Å². The van der Waals surface area contributed by atoms with Crippen LogP contribution < -0.4 is 9.62 Å². The monoisotopic (exact) mass is 595 g/mol. The Balaban J connectivity index is 1.70. The number of nitrogens with one attached hydrogen (secondary N) is 1. The number of anilines is 1. The molecule has 0 heterocycles. The number of aryl methyl sites for hydroxylation is 3. The number of hydrogen-bond acceptors (Lipinski definition) is 4. The highest BCUT2D eigenvalue weighted by atomic mass is 35.5. The van der Waals surface area contributed by atoms with Crippen LogP contribution in [0.5, 0.6) is 0 Å². The molecule has 9 heteroatoms. The van der Waals surface area contributed by atoms with Gasteiger partial charge in [0.2, 0.25) is 11.8 Å². The maximum absolute atomic E-state index is 14.1. The van der Waals surface area contributed by atoms with Gasteiger partial charge in [-0.25, -0.2) is 8.42 Å². The number of carbonyl (C=O) groups excluding carboxylic acids is 2. The topological polar surface area (TPSA) is 86.8 Å². The minimum Gasteiger partial charge on any atom is -0.352 e. The molecule has 0 radical (unpaired) electrons. The lowest BCUT2D eigenvalue weighted by molar-refractivity contribution is -0.139. The van der Waals surface area contributed by atoms with Gasteiger partial charge in [0.1, 0.15) is 12.6 Å². The van der Waals surface area contributed by atoms with Crippen LogP contribution in [0.2, 0.25) is 5.02 Å². The quantitative estimate of drug-likeness (QED) is 0.314. The summed E-state index contributed by atoms with van der Waals surface area (Å²) in [5, 5.41) is 3.64. The van der Waals surface area contributed by atoms with E-state index in [-0.39, 0.29) is 23.4 Å². The summed E-state index contributed by atoms with van der Waals surface area (Å²) < 4.78 is 29.2. The van der Waals surface area contributed by atoms with Crippen molar-refractivity contribution in [3.63, 3.8) is 0 Å². The molecular formula is C32H38ClN3O4S. The molecular weight excluding hydrogens is 558 g/mol. The van der Waals surface area contributed by atoms with Crippen LogP contribution >= 0.6 is 11.6 Å². The number of halogens is 1. The summed E-state index contributed by atoms with van der Waals surface area (Å²) in [6.45, 7) is 6.99. The van der Waals surface area contributed by atoms with Gasteiger partial charge in [-0.1, -0.05) is 72.0 Å². The van der Waals surface area contributed by atoms with Crippen molar-refractivity contribution in [2.75, 3.05) is 10.8 Å². The number of hydrogen-bond donors (Lipinski definition) is 1. The number of nitrogens with zero attached hydrogens (tertiary/aromatic N) is 2. The molecule has 0 aromatic heterocycles. The molecule has 1 saturated carbocycles. The van der Waals surface area contributed by atoms with Gasteiger partial charge in [-0.3, -0.25) is 13.9 Å². The fourth-order valence-corrected chi connectivity index (χ4v) is 6.80. The van der Waals surface area contributed by atoms with E-state index < -0.39 is 28.5 Å². The SMILES string of the molecule is Cc1ccc(S(=O)(=O)N(CC(=O)N(Cc2ccc(Cl)cc2)[C@H](C)C(=O)NC2CCCC2)c2ccc(C)cc2C)cc1. The maximum atomic E-state index is 14.1. The van der Waals surface area contributed by atoms with Gasteiger partial charge in [0.05, 0.1) is 10.6 Å². The molecule has 0 unspecified atom stereocenters. The normalized spacial score (nSPS) is 14.5. The predicted octanol–water partition coefficient (Wildman–Crippen LogP) is 5.94. The fourth-order valence-electron chi connectivity index (χ4n) is 5.20. The Morgan fingerprint density at radius 3 is 2.15 bits per heavy atom. The first-order valence-corrected chi connectivity index (χ1v) is 15.8. The largest absolute Gasteiger partial charge is 0.352 e. The molecule has 0 aliphatic heterocycles. The van der Waals surface area contributed by atoms with Crippen molar-refractivity contribution in [1.82, 2.24) is 10.2 Å². The number of carbonyl (C=O) groups is 2. The molecule has 7 nitrogen and oxygen atoms in total. The van der Waals surface area contributed by atoms with Gasteiger partial charge in [-0.2, -0.15) is 0 Å². The Kier molecular flexibility index (Phi) is 9.76. The number of benzene rings is 3. The van der Waals surface area contributed by atoms with Gasteiger partial charge in [0.25, 0.3) is 10.0 Å². The molecule has 3 aromatic carbocycles. The summed E-state index contributed by atoms with van der Waals surface area (Å²) >= 11 is 6.08. The summed E-state index contributed by atoms with van der Waals surface area (Å²) in [7, 11) is -4.11. The molecule has 1 N–H and O–H groups in total. The molecule has 1 aliphatic rings. The van der Waals surface area contributed by atoms with Crippen molar-refractivity contribution in [1.29, 1.82) is 0 Å². The van der Waals surface area contributed by atoms with E-state index in [0.29, 0.717) is 10.7 Å². The van der Waals surface area contributed by atoms with Gasteiger partial charge in [-0.15, -0.1) is 0 Å². The van der Waals surface area contributed by atoms with Crippen molar-refractivity contribution < 1.29 is 18.0 Å². The molecule has 1 fully saturated rings. The molecule has 0 saturated heterocycles. The summed E-state index contributed by atoms with van der Waals surface area (Å²) in [5.41, 5.74) is 3.83. The highest BCUT2D eigenvalue weighted by Gasteiger charge is 2.33. The minimum atomic E-state index is -4.11. The van der Waals surface area contributed by atoms with E-state index in [0.717, 1.165) is 52.2 Å². The Morgan fingerprint density at radius 2 is 1.54 bits per heavy atom. The zero-order valence-corrected chi connectivity index (χ0v) is 25.6. The van der Waals surface area contributed by atoms with Gasteiger partial charge >= 0.3 is 0 Å². The van der Waals surface area contributed by atoms with Crippen LogP contribution in [0, 0.1) is 20.8 Å². The lowest BCUT2D eigenvalue weighted by Crippen LogP contribution is -2.52. The fraction of sp³-hybridized carbons (Fsp3) is 0.375. The van der Waals surface area contributed by atoms with E-state index in [9.17, 15) is 18.0 Å². The van der Waals surface area contributed by atoms with Crippen molar-refractivity contribution in [3.05, 3.63) is 94.0 Å². The molecule has 2 amide bonds. The molecule has 4 rings (SSSR count). The standard InChI is InChI=1S/C32H38ClN3O4S/c1-22-9-16-29(17-10-22)41(39,40)36(30-18-11-23(2)19-24(30)3)21-31(37)35(20-26-12-14-27(33)15-13-26)25(4)32(38)34-28-7-5-6-8-28/h9-19,25,28H,5-8,20-21H2,1-4H3,(H,34,38)/t25-/m1/s1. The highest BCUT2D eigenvalue weighted by Crippen LogP contribution is 2.28. The first-order valence-electron chi connectivity index (χ1n) is 14.0. The van der Waals surface area contributed by atoms with Crippen molar-refractivity contribution in [3.8, 4) is 0 Å². The van der Waals surface area contributed by atoms with Gasteiger partial charge in [0, 0.05) is 17.6 Å². The van der Waals surface area contributed by atoms with E-state index in [1.165, 1.54) is 4.90 Å². The summed E-state index contributed by atoms with van der Waals surface area (Å²) in [4.78, 5) is 29.0. The van der Waals surface area contributed by atoms with Crippen LogP contribution in [0.25, 0.3) is 0 Å². The van der Waals surface area contributed by atoms with E-state index >= 15 is 0 Å². The second-order valence-electron chi connectivity index (χ2n) is 10.9. The van der Waals surface area contributed by atoms with Crippen LogP contribution in [0.15, 0.2) is 71.6 Å². The third kappa shape index (κ3) is 7.49. The average molecular weight is 596 g/mol. The molecule has 1 aliphatic carbocycles.